The highest BCUT2D eigenvalue weighted by Crippen LogP contribution is 2.50. The lowest BCUT2D eigenvalue weighted by molar-refractivity contribution is 0.590. The first-order valence-electron chi connectivity index (χ1n) is 17.1. The Bertz CT molecular complexity index is 2660. The molecule has 0 spiro atoms. The van der Waals surface area contributed by atoms with Gasteiger partial charge in [0.2, 0.25) is 0 Å². The van der Waals surface area contributed by atoms with Crippen molar-refractivity contribution in [3.8, 4) is 11.1 Å². The summed E-state index contributed by atoms with van der Waals surface area (Å²) in [7, 11) is 0. The van der Waals surface area contributed by atoms with Gasteiger partial charge in [-0.25, -0.2) is 0 Å². The SMILES string of the molecule is CC(C)(C)c1cccc(N2c3cc(C(C)(C)C)ccc3B3c4c(cc5c(oc6ccccc65)c42)-c2cccc4c5ccccc5n3c24)c1. The van der Waals surface area contributed by atoms with E-state index in [1.54, 1.807) is 0 Å². The number of benzene rings is 6. The van der Waals surface area contributed by atoms with Gasteiger partial charge >= 0.3 is 6.85 Å². The zero-order valence-corrected chi connectivity index (χ0v) is 28.3. The molecule has 6 aromatic carbocycles. The fourth-order valence-electron chi connectivity index (χ4n) is 8.47. The quantitative estimate of drug-likeness (QED) is 0.170. The molecule has 2 aliphatic rings. The number of nitrogens with zero attached hydrogens (tertiary/aromatic N) is 2. The van der Waals surface area contributed by atoms with Crippen LogP contribution in [0, 0.1) is 0 Å². The van der Waals surface area contributed by atoms with E-state index in [0.717, 1.165) is 33.3 Å². The van der Waals surface area contributed by atoms with Gasteiger partial charge in [-0.05, 0) is 74.8 Å². The van der Waals surface area contributed by atoms with Crippen molar-refractivity contribution < 1.29 is 4.42 Å². The number of aromatic nitrogens is 1. The molecule has 0 atom stereocenters. The Kier molecular flexibility index (Phi) is 5.36. The summed E-state index contributed by atoms with van der Waals surface area (Å²) in [5.41, 5.74) is 15.8. The van der Waals surface area contributed by atoms with Crippen LogP contribution in [0.15, 0.2) is 120 Å². The van der Waals surface area contributed by atoms with E-state index in [0.29, 0.717) is 0 Å². The Morgan fingerprint density at radius 1 is 0.583 bits per heavy atom. The van der Waals surface area contributed by atoms with E-state index in [1.807, 2.05) is 0 Å². The van der Waals surface area contributed by atoms with E-state index >= 15 is 0 Å². The normalized spacial score (nSPS) is 14.0. The molecule has 48 heavy (non-hydrogen) atoms. The second-order valence-electron chi connectivity index (χ2n) is 15.8. The maximum absolute atomic E-state index is 6.96. The minimum atomic E-state index is -0.0176. The van der Waals surface area contributed by atoms with Gasteiger partial charge in [0.05, 0.1) is 5.69 Å². The third kappa shape index (κ3) is 3.61. The molecule has 232 valence electrons. The number of para-hydroxylation sites is 3. The van der Waals surface area contributed by atoms with Crippen molar-refractivity contribution in [3.63, 3.8) is 0 Å². The molecule has 0 aliphatic carbocycles. The number of hydrogen-bond acceptors (Lipinski definition) is 2. The van der Waals surface area contributed by atoms with Gasteiger partial charge in [-0.2, -0.15) is 0 Å². The minimum absolute atomic E-state index is 0.00379. The lowest BCUT2D eigenvalue weighted by atomic mass is 9.45. The first-order valence-corrected chi connectivity index (χ1v) is 17.1. The fraction of sp³-hybridized carbons (Fsp3) is 0.182. The van der Waals surface area contributed by atoms with Gasteiger partial charge in [0, 0.05) is 49.5 Å². The smallest absolute Gasteiger partial charge is 0.333 e. The first-order chi connectivity index (χ1) is 23.1. The van der Waals surface area contributed by atoms with E-state index in [9.17, 15) is 0 Å². The van der Waals surface area contributed by atoms with Gasteiger partial charge in [0.25, 0.3) is 0 Å². The third-order valence-corrected chi connectivity index (χ3v) is 10.9. The molecule has 0 saturated carbocycles. The van der Waals surface area contributed by atoms with Crippen molar-refractivity contribution >= 4 is 78.6 Å². The molecule has 3 nitrogen and oxygen atoms in total. The van der Waals surface area contributed by atoms with Crippen LogP contribution in [0.5, 0.6) is 0 Å². The first kappa shape index (κ1) is 27.9. The lowest BCUT2D eigenvalue weighted by Gasteiger charge is -2.41. The van der Waals surface area contributed by atoms with Gasteiger partial charge in [-0.15, -0.1) is 0 Å². The monoisotopic (exact) mass is 620 g/mol. The largest absolute Gasteiger partial charge is 0.454 e. The summed E-state index contributed by atoms with van der Waals surface area (Å²) in [6.45, 7) is 13.8. The lowest BCUT2D eigenvalue weighted by Crippen LogP contribution is -2.56. The topological polar surface area (TPSA) is 21.3 Å². The van der Waals surface area contributed by atoms with Gasteiger partial charge in [-0.1, -0.05) is 120 Å². The molecule has 0 bridgehead atoms. The van der Waals surface area contributed by atoms with E-state index in [1.165, 1.54) is 60.7 Å². The Hall–Kier alpha value is -5.22. The molecule has 4 heteroatoms. The third-order valence-electron chi connectivity index (χ3n) is 10.9. The zero-order chi connectivity index (χ0) is 32.7. The zero-order valence-electron chi connectivity index (χ0n) is 28.3. The van der Waals surface area contributed by atoms with E-state index in [-0.39, 0.29) is 17.7 Å². The second kappa shape index (κ2) is 9.23. The summed E-state index contributed by atoms with van der Waals surface area (Å²) in [4.78, 5) is 2.52. The van der Waals surface area contributed by atoms with Gasteiger partial charge in [0.1, 0.15) is 5.58 Å². The summed E-state index contributed by atoms with van der Waals surface area (Å²) in [5.74, 6) is 0. The Morgan fingerprint density at radius 2 is 1.29 bits per heavy atom. The summed E-state index contributed by atoms with van der Waals surface area (Å²) < 4.78 is 9.59. The van der Waals surface area contributed by atoms with Crippen LogP contribution in [0.3, 0.4) is 0 Å². The van der Waals surface area contributed by atoms with Crippen molar-refractivity contribution in [1.82, 2.24) is 4.48 Å². The highest BCUT2D eigenvalue weighted by atomic mass is 16.3. The molecule has 2 aromatic heterocycles. The molecule has 0 amide bonds. The summed E-state index contributed by atoms with van der Waals surface area (Å²) >= 11 is 0. The number of furan rings is 1. The maximum Gasteiger partial charge on any atom is 0.333 e. The number of anilines is 3. The standard InChI is InChI=1S/C44H37BN2O/c1-43(2,3)26-13-11-14-28(23-26)46-37-24-27(44(4,5)6)21-22-35(37)45-39-33(25-34-30-16-8-10-20-38(30)48-42(34)41(39)46)32-18-12-17-31-29-15-7-9-19-36(29)47(45)40(31)32/h7-25H,1-6H3. The summed E-state index contributed by atoms with van der Waals surface area (Å²) in [5, 5.41) is 4.91. The predicted molar refractivity (Wildman–Crippen MR) is 205 cm³/mol. The molecular formula is C44H37BN2O. The van der Waals surface area contributed by atoms with Gasteiger partial charge in [0.15, 0.2) is 5.58 Å². The molecule has 4 heterocycles. The number of rotatable bonds is 1. The Balaban J connectivity index is 1.44. The van der Waals surface area contributed by atoms with Gasteiger partial charge < -0.3 is 13.8 Å². The molecule has 2 aliphatic heterocycles. The van der Waals surface area contributed by atoms with Gasteiger partial charge in [-0.3, -0.25) is 0 Å². The van der Waals surface area contributed by atoms with Crippen molar-refractivity contribution in [3.05, 3.63) is 126 Å². The molecule has 0 fully saturated rings. The molecule has 10 rings (SSSR count). The Labute approximate surface area is 281 Å². The van der Waals surface area contributed by atoms with Crippen LogP contribution in [0.2, 0.25) is 0 Å². The van der Waals surface area contributed by atoms with Crippen LogP contribution in [-0.4, -0.2) is 11.3 Å². The average Bonchev–Trinajstić information content (AvgIpc) is 3.62. The number of fused-ring (bicyclic) bond motifs is 11. The minimum Gasteiger partial charge on any atom is -0.454 e. The van der Waals surface area contributed by atoms with E-state index < -0.39 is 0 Å². The maximum atomic E-state index is 6.96. The Morgan fingerprint density at radius 3 is 2.10 bits per heavy atom. The van der Waals surface area contributed by atoms with Crippen molar-refractivity contribution in [2.45, 2.75) is 52.4 Å². The number of hydrogen-bond donors (Lipinski definition) is 0. The van der Waals surface area contributed by atoms with Crippen LogP contribution in [-0.2, 0) is 10.8 Å². The second-order valence-corrected chi connectivity index (χ2v) is 15.8. The fourth-order valence-corrected chi connectivity index (χ4v) is 8.47. The van der Waals surface area contributed by atoms with Crippen molar-refractivity contribution in [2.24, 2.45) is 0 Å². The van der Waals surface area contributed by atoms with E-state index in [2.05, 4.69) is 166 Å². The average molecular weight is 621 g/mol. The van der Waals surface area contributed by atoms with Crippen LogP contribution in [0.1, 0.15) is 52.7 Å². The van der Waals surface area contributed by atoms with Crippen LogP contribution >= 0.6 is 0 Å². The van der Waals surface area contributed by atoms with Crippen molar-refractivity contribution in [2.75, 3.05) is 4.90 Å². The highest BCUT2D eigenvalue weighted by Gasteiger charge is 2.45. The molecule has 8 aromatic rings. The van der Waals surface area contributed by atoms with Crippen LogP contribution in [0.25, 0.3) is 54.9 Å². The molecule has 0 saturated heterocycles. The molecule has 0 N–H and O–H groups in total. The van der Waals surface area contributed by atoms with E-state index in [4.69, 9.17) is 4.42 Å². The summed E-state index contributed by atoms with van der Waals surface area (Å²) in [6.07, 6.45) is 0. The molecular weight excluding hydrogens is 583 g/mol. The molecule has 0 radical (unpaired) electrons. The summed E-state index contributed by atoms with van der Waals surface area (Å²) in [6, 6.07) is 43.1. The highest BCUT2D eigenvalue weighted by molar-refractivity contribution is 6.90. The molecule has 0 unspecified atom stereocenters. The van der Waals surface area contributed by atoms with Crippen LogP contribution in [0.4, 0.5) is 17.1 Å². The van der Waals surface area contributed by atoms with Crippen LogP contribution < -0.4 is 15.8 Å². The van der Waals surface area contributed by atoms with Crippen molar-refractivity contribution in [1.29, 1.82) is 0 Å². The predicted octanol–water partition coefficient (Wildman–Crippen LogP) is 10.7.